The van der Waals surface area contributed by atoms with Gasteiger partial charge in [0.25, 0.3) is 0 Å². The highest BCUT2D eigenvalue weighted by atomic mass is 127. The lowest BCUT2D eigenvalue weighted by atomic mass is 10.2. The van der Waals surface area contributed by atoms with Crippen molar-refractivity contribution in [1.29, 1.82) is 0 Å². The van der Waals surface area contributed by atoms with Gasteiger partial charge in [0.1, 0.15) is 18.0 Å². The largest absolute Gasteiger partial charge is 0.494 e. The van der Waals surface area contributed by atoms with E-state index in [4.69, 9.17) is 21.6 Å². The van der Waals surface area contributed by atoms with Gasteiger partial charge in [-0.25, -0.2) is 4.99 Å². The number of amides is 1. The maximum Gasteiger partial charge on any atom is 0.246 e. The summed E-state index contributed by atoms with van der Waals surface area (Å²) in [5, 5.41) is 5.67. The minimum atomic E-state index is -0.313. The minimum Gasteiger partial charge on any atom is -0.494 e. The number of guanidine groups is 1. The number of nitrogens with zero attached hydrogens (tertiary/aromatic N) is 1. The number of rotatable bonds is 8. The van der Waals surface area contributed by atoms with Gasteiger partial charge in [0.15, 0.2) is 5.96 Å². The van der Waals surface area contributed by atoms with Crippen LogP contribution in [0.25, 0.3) is 0 Å². The average molecular weight is 508 g/mol. The number of carbonyl (C=O) groups excluding carboxylic acids is 1. The molecule has 0 aliphatic heterocycles. The highest BCUT2D eigenvalue weighted by Crippen LogP contribution is 2.29. The first kappa shape index (κ1) is 24.1. The van der Waals surface area contributed by atoms with Crippen molar-refractivity contribution in [3.63, 3.8) is 0 Å². The van der Waals surface area contributed by atoms with Gasteiger partial charge in [-0.3, -0.25) is 4.79 Å². The Hall–Kier alpha value is -2.93. The molecule has 2 aromatic rings. The number of benzene rings is 2. The second-order valence-electron chi connectivity index (χ2n) is 5.62. The van der Waals surface area contributed by atoms with E-state index in [1.54, 1.807) is 36.4 Å². The molecule has 0 saturated carbocycles. The van der Waals surface area contributed by atoms with Crippen LogP contribution >= 0.6 is 24.0 Å². The Labute approximate surface area is 188 Å². The third-order valence-electron chi connectivity index (χ3n) is 3.53. The molecule has 0 atom stereocenters. The summed E-state index contributed by atoms with van der Waals surface area (Å²) in [7, 11) is 0. The van der Waals surface area contributed by atoms with E-state index in [0.717, 1.165) is 0 Å². The van der Waals surface area contributed by atoms with E-state index in [2.05, 4.69) is 21.5 Å². The number of carbonyl (C=O) groups is 1. The maximum absolute atomic E-state index is 12.1. The number of terminal acetylenes is 1. The van der Waals surface area contributed by atoms with Crippen molar-refractivity contribution >= 4 is 47.2 Å². The fraction of sp³-hybridized carbons (Fsp3) is 0.238. The molecule has 0 heterocycles. The molecule has 2 aromatic carbocycles. The predicted molar refractivity (Wildman–Crippen MR) is 127 cm³/mol. The number of anilines is 2. The molecule has 0 aliphatic rings. The van der Waals surface area contributed by atoms with Crippen LogP contribution in [-0.2, 0) is 4.79 Å². The lowest BCUT2D eigenvalue weighted by molar-refractivity contribution is -0.114. The summed E-state index contributed by atoms with van der Waals surface area (Å²) >= 11 is 0. The molecule has 0 bridgehead atoms. The SMILES string of the molecule is C#Cc1cccc(NC(=O)CN=C(N)Nc2cc(OCC)ccc2OCC)c1.I. The van der Waals surface area contributed by atoms with Gasteiger partial charge in [-0.2, -0.15) is 0 Å². The van der Waals surface area contributed by atoms with Crippen molar-refractivity contribution in [1.82, 2.24) is 0 Å². The summed E-state index contributed by atoms with van der Waals surface area (Å²) in [6.45, 7) is 4.68. The van der Waals surface area contributed by atoms with Gasteiger partial charge >= 0.3 is 0 Å². The van der Waals surface area contributed by atoms with Gasteiger partial charge < -0.3 is 25.8 Å². The van der Waals surface area contributed by atoms with E-state index < -0.39 is 0 Å². The summed E-state index contributed by atoms with van der Waals surface area (Å²) in [6, 6.07) is 12.4. The van der Waals surface area contributed by atoms with Gasteiger partial charge in [-0.15, -0.1) is 30.4 Å². The smallest absolute Gasteiger partial charge is 0.246 e. The van der Waals surface area contributed by atoms with E-state index in [1.807, 2.05) is 19.9 Å². The number of ether oxygens (including phenoxy) is 2. The minimum absolute atomic E-state index is 0. The van der Waals surface area contributed by atoms with Crippen LogP contribution in [-0.4, -0.2) is 31.6 Å². The summed E-state index contributed by atoms with van der Waals surface area (Å²) < 4.78 is 11.1. The first-order chi connectivity index (χ1) is 13.5. The fourth-order valence-electron chi connectivity index (χ4n) is 2.37. The van der Waals surface area contributed by atoms with Gasteiger partial charge in [-0.05, 0) is 44.2 Å². The molecule has 4 N–H and O–H groups in total. The molecule has 29 heavy (non-hydrogen) atoms. The number of halogens is 1. The fourth-order valence-corrected chi connectivity index (χ4v) is 2.37. The lowest BCUT2D eigenvalue weighted by Gasteiger charge is -2.14. The number of nitrogens with one attached hydrogen (secondary N) is 2. The first-order valence-corrected chi connectivity index (χ1v) is 8.88. The van der Waals surface area contributed by atoms with E-state index in [-0.39, 0.29) is 42.4 Å². The van der Waals surface area contributed by atoms with Crippen molar-refractivity contribution in [2.24, 2.45) is 10.7 Å². The molecule has 2 rings (SSSR count). The molecular formula is C21H25IN4O3. The van der Waals surface area contributed by atoms with Gasteiger partial charge in [0.05, 0.1) is 18.9 Å². The van der Waals surface area contributed by atoms with Crippen LogP contribution in [0.1, 0.15) is 19.4 Å². The molecule has 8 heteroatoms. The molecule has 0 fully saturated rings. The third-order valence-corrected chi connectivity index (χ3v) is 3.53. The normalized spacial score (nSPS) is 10.3. The van der Waals surface area contributed by atoms with Gasteiger partial charge in [0, 0.05) is 17.3 Å². The number of aliphatic imine (C=N–C) groups is 1. The zero-order valence-corrected chi connectivity index (χ0v) is 18.7. The molecule has 154 valence electrons. The Kier molecular flexibility index (Phi) is 10.4. The Balaban J connectivity index is 0.00000420. The second kappa shape index (κ2) is 12.5. The summed E-state index contributed by atoms with van der Waals surface area (Å²) in [4.78, 5) is 16.1. The molecular weight excluding hydrogens is 483 g/mol. The van der Waals surface area contributed by atoms with E-state index in [0.29, 0.717) is 41.7 Å². The molecule has 7 nitrogen and oxygen atoms in total. The standard InChI is InChI=1S/C21H24N4O3.HI/c1-4-15-8-7-9-16(12-15)24-20(26)14-23-21(22)25-18-13-17(27-5-2)10-11-19(18)28-6-3;/h1,7-13H,5-6,14H2,2-3H3,(H,24,26)(H3,22,23,25);1H. The maximum atomic E-state index is 12.1. The van der Waals surface area contributed by atoms with Crippen LogP contribution < -0.4 is 25.8 Å². The molecule has 0 radical (unpaired) electrons. The molecule has 0 saturated heterocycles. The van der Waals surface area contributed by atoms with Crippen LogP contribution in [0.3, 0.4) is 0 Å². The summed E-state index contributed by atoms with van der Waals surface area (Å²) in [5.41, 5.74) is 7.81. The van der Waals surface area contributed by atoms with Crippen LogP contribution in [0.2, 0.25) is 0 Å². The van der Waals surface area contributed by atoms with E-state index in [1.165, 1.54) is 0 Å². The van der Waals surface area contributed by atoms with Crippen molar-refractivity contribution < 1.29 is 14.3 Å². The van der Waals surface area contributed by atoms with Crippen molar-refractivity contribution in [3.8, 4) is 23.8 Å². The Morgan fingerprint density at radius 3 is 2.59 bits per heavy atom. The lowest BCUT2D eigenvalue weighted by Crippen LogP contribution is -2.25. The predicted octanol–water partition coefficient (Wildman–Crippen LogP) is 3.45. The molecule has 0 aliphatic carbocycles. The quantitative estimate of drug-likeness (QED) is 0.220. The van der Waals surface area contributed by atoms with Crippen molar-refractivity contribution in [3.05, 3.63) is 48.0 Å². The van der Waals surface area contributed by atoms with Crippen molar-refractivity contribution in [2.45, 2.75) is 13.8 Å². The van der Waals surface area contributed by atoms with Gasteiger partial charge in [0.2, 0.25) is 5.91 Å². The second-order valence-corrected chi connectivity index (χ2v) is 5.62. The van der Waals surface area contributed by atoms with Crippen LogP contribution in [0.5, 0.6) is 11.5 Å². The molecule has 0 aromatic heterocycles. The summed E-state index contributed by atoms with van der Waals surface area (Å²) in [6.07, 6.45) is 5.36. The zero-order chi connectivity index (χ0) is 20.4. The number of nitrogens with two attached hydrogens (primary N) is 1. The van der Waals surface area contributed by atoms with Crippen LogP contribution in [0.15, 0.2) is 47.5 Å². The zero-order valence-electron chi connectivity index (χ0n) is 16.4. The Bertz CT molecular complexity index is 894. The van der Waals surface area contributed by atoms with Crippen molar-refractivity contribution in [2.75, 3.05) is 30.4 Å². The van der Waals surface area contributed by atoms with E-state index in [9.17, 15) is 4.79 Å². The monoisotopic (exact) mass is 508 g/mol. The number of hydrogen-bond donors (Lipinski definition) is 3. The number of hydrogen-bond acceptors (Lipinski definition) is 4. The third kappa shape index (κ3) is 7.91. The highest BCUT2D eigenvalue weighted by molar-refractivity contribution is 14.0. The van der Waals surface area contributed by atoms with Crippen LogP contribution in [0, 0.1) is 12.3 Å². The van der Waals surface area contributed by atoms with Gasteiger partial charge in [-0.1, -0.05) is 12.0 Å². The summed E-state index contributed by atoms with van der Waals surface area (Å²) in [5.74, 6) is 3.57. The Morgan fingerprint density at radius 1 is 1.14 bits per heavy atom. The highest BCUT2D eigenvalue weighted by Gasteiger charge is 2.08. The molecule has 1 amide bonds. The topological polar surface area (TPSA) is 98.0 Å². The first-order valence-electron chi connectivity index (χ1n) is 8.88. The molecule has 0 unspecified atom stereocenters. The average Bonchev–Trinajstić information content (AvgIpc) is 2.69. The Morgan fingerprint density at radius 2 is 1.90 bits per heavy atom. The molecule has 0 spiro atoms. The van der Waals surface area contributed by atoms with Crippen LogP contribution in [0.4, 0.5) is 11.4 Å². The van der Waals surface area contributed by atoms with E-state index >= 15 is 0 Å².